The molecule has 0 radical (unpaired) electrons. The fourth-order valence-electron chi connectivity index (χ4n) is 1.43. The molecule has 92 valence electrons. The Morgan fingerprint density at radius 3 is 2.47 bits per heavy atom. The van der Waals surface area contributed by atoms with Crippen LogP contribution in [-0.2, 0) is 11.2 Å². The summed E-state index contributed by atoms with van der Waals surface area (Å²) in [4.78, 5) is 20.4. The molecule has 3 N–H and O–H groups in total. The van der Waals surface area contributed by atoms with E-state index in [9.17, 15) is 14.9 Å². The van der Waals surface area contributed by atoms with E-state index in [0.29, 0.717) is 19.3 Å². The van der Waals surface area contributed by atoms with Gasteiger partial charge in [0.25, 0.3) is 5.69 Å². The van der Waals surface area contributed by atoms with Crippen LogP contribution in [0.5, 0.6) is 0 Å². The highest BCUT2D eigenvalue weighted by atomic mass is 16.6. The quantitative estimate of drug-likeness (QED) is 0.574. The monoisotopic (exact) mass is 238 g/mol. The minimum absolute atomic E-state index is 0.0518. The van der Waals surface area contributed by atoms with E-state index in [0.717, 1.165) is 5.56 Å². The summed E-state index contributed by atoms with van der Waals surface area (Å²) in [6, 6.07) is 5.38. The van der Waals surface area contributed by atoms with E-state index in [1.54, 1.807) is 12.1 Å². The number of aliphatic carboxylic acids is 1. The summed E-state index contributed by atoms with van der Waals surface area (Å²) in [6.45, 7) is 0. The molecular formula is C11H14N2O4. The highest BCUT2D eigenvalue weighted by molar-refractivity contribution is 5.72. The first kappa shape index (κ1) is 13.1. The van der Waals surface area contributed by atoms with Crippen LogP contribution in [0.25, 0.3) is 0 Å². The summed E-state index contributed by atoms with van der Waals surface area (Å²) in [6.07, 6.45) is 1.70. The maximum Gasteiger partial charge on any atom is 0.320 e. The molecule has 6 nitrogen and oxygen atoms in total. The van der Waals surface area contributed by atoms with Gasteiger partial charge in [0, 0.05) is 12.1 Å². The van der Waals surface area contributed by atoms with Gasteiger partial charge in [0.15, 0.2) is 0 Å². The van der Waals surface area contributed by atoms with Crippen LogP contribution in [0.15, 0.2) is 24.3 Å². The van der Waals surface area contributed by atoms with Crippen LogP contribution in [0.4, 0.5) is 5.69 Å². The smallest absolute Gasteiger partial charge is 0.320 e. The van der Waals surface area contributed by atoms with Crippen LogP contribution < -0.4 is 5.73 Å². The van der Waals surface area contributed by atoms with E-state index < -0.39 is 16.9 Å². The van der Waals surface area contributed by atoms with E-state index in [2.05, 4.69) is 0 Å². The van der Waals surface area contributed by atoms with Gasteiger partial charge in [-0.3, -0.25) is 14.9 Å². The molecule has 0 aliphatic rings. The average Bonchev–Trinajstić information content (AvgIpc) is 2.29. The molecule has 0 saturated carbocycles. The predicted molar refractivity (Wildman–Crippen MR) is 61.6 cm³/mol. The van der Waals surface area contributed by atoms with E-state index >= 15 is 0 Å². The molecule has 0 saturated heterocycles. The lowest BCUT2D eigenvalue weighted by Crippen LogP contribution is -2.29. The number of carboxylic acid groups (broad SMARTS) is 1. The van der Waals surface area contributed by atoms with Gasteiger partial charge in [0.2, 0.25) is 0 Å². The van der Waals surface area contributed by atoms with E-state index in [1.165, 1.54) is 12.1 Å². The largest absolute Gasteiger partial charge is 0.480 e. The molecule has 1 aromatic carbocycles. The van der Waals surface area contributed by atoms with Crippen molar-refractivity contribution < 1.29 is 14.8 Å². The Hall–Kier alpha value is -1.95. The number of hydrogen-bond donors (Lipinski definition) is 2. The first-order chi connectivity index (χ1) is 8.00. The molecule has 0 bridgehead atoms. The summed E-state index contributed by atoms with van der Waals surface area (Å²) in [5.74, 6) is -1.01. The number of aryl methyl sites for hydroxylation is 1. The van der Waals surface area contributed by atoms with Crippen LogP contribution in [-0.4, -0.2) is 22.0 Å². The summed E-state index contributed by atoms with van der Waals surface area (Å²) < 4.78 is 0. The molecule has 0 aliphatic heterocycles. The molecule has 0 aliphatic carbocycles. The Morgan fingerprint density at radius 2 is 2.00 bits per heavy atom. The topological polar surface area (TPSA) is 106 Å². The first-order valence-corrected chi connectivity index (χ1v) is 5.22. The Morgan fingerprint density at radius 1 is 1.41 bits per heavy atom. The molecular weight excluding hydrogens is 224 g/mol. The number of benzene rings is 1. The molecule has 0 amide bonds. The minimum atomic E-state index is -1.01. The van der Waals surface area contributed by atoms with Crippen LogP contribution in [0.2, 0.25) is 0 Å². The zero-order valence-electron chi connectivity index (χ0n) is 9.20. The molecule has 0 fully saturated rings. The second-order valence-corrected chi connectivity index (χ2v) is 3.76. The molecule has 1 aromatic rings. The Bertz CT molecular complexity index is 402. The zero-order chi connectivity index (χ0) is 12.8. The molecule has 0 heterocycles. The van der Waals surface area contributed by atoms with Gasteiger partial charge in [0.05, 0.1) is 4.92 Å². The van der Waals surface area contributed by atoms with Crippen molar-refractivity contribution in [2.45, 2.75) is 25.3 Å². The summed E-state index contributed by atoms with van der Waals surface area (Å²) >= 11 is 0. The third kappa shape index (κ3) is 4.20. The molecule has 0 spiro atoms. The summed E-state index contributed by atoms with van der Waals surface area (Å²) in [5, 5.41) is 19.0. The fraction of sp³-hybridized carbons (Fsp3) is 0.364. The van der Waals surface area contributed by atoms with Crippen molar-refractivity contribution in [1.82, 2.24) is 0 Å². The number of nitrogens with zero attached hydrogens (tertiary/aromatic N) is 1. The van der Waals surface area contributed by atoms with Gasteiger partial charge in [-0.25, -0.2) is 0 Å². The maximum absolute atomic E-state index is 10.5. The fourth-order valence-corrected chi connectivity index (χ4v) is 1.43. The van der Waals surface area contributed by atoms with Crippen molar-refractivity contribution in [3.05, 3.63) is 39.9 Å². The molecule has 17 heavy (non-hydrogen) atoms. The van der Waals surface area contributed by atoms with E-state index in [-0.39, 0.29) is 5.69 Å². The Kier molecular flexibility index (Phi) is 4.59. The predicted octanol–water partition coefficient (Wildman–Crippen LogP) is 1.33. The average molecular weight is 238 g/mol. The maximum atomic E-state index is 10.5. The van der Waals surface area contributed by atoms with Gasteiger partial charge in [0.1, 0.15) is 6.04 Å². The van der Waals surface area contributed by atoms with Gasteiger partial charge in [-0.15, -0.1) is 0 Å². The van der Waals surface area contributed by atoms with Crippen LogP contribution in [0.1, 0.15) is 18.4 Å². The number of carbonyl (C=O) groups is 1. The highest BCUT2D eigenvalue weighted by Crippen LogP contribution is 2.13. The lowest BCUT2D eigenvalue weighted by atomic mass is 10.0. The second kappa shape index (κ2) is 5.95. The first-order valence-electron chi connectivity index (χ1n) is 5.22. The number of carboxylic acids is 1. The van der Waals surface area contributed by atoms with E-state index in [4.69, 9.17) is 10.8 Å². The number of rotatable bonds is 6. The molecule has 1 rings (SSSR count). The van der Waals surface area contributed by atoms with Crippen molar-refractivity contribution in [2.24, 2.45) is 5.73 Å². The van der Waals surface area contributed by atoms with Crippen molar-refractivity contribution in [3.8, 4) is 0 Å². The zero-order valence-corrected chi connectivity index (χ0v) is 9.20. The lowest BCUT2D eigenvalue weighted by Gasteiger charge is -2.05. The van der Waals surface area contributed by atoms with Crippen LogP contribution in [0, 0.1) is 10.1 Å². The summed E-state index contributed by atoms with van der Waals surface area (Å²) in [7, 11) is 0. The number of non-ortho nitro benzene ring substituents is 1. The molecule has 1 atom stereocenters. The second-order valence-electron chi connectivity index (χ2n) is 3.76. The van der Waals surface area contributed by atoms with Crippen molar-refractivity contribution in [1.29, 1.82) is 0 Å². The highest BCUT2D eigenvalue weighted by Gasteiger charge is 2.10. The van der Waals surface area contributed by atoms with Crippen molar-refractivity contribution in [3.63, 3.8) is 0 Å². The standard InChI is InChI=1S/C11H14N2O4/c12-10(11(14)15)3-1-2-8-4-6-9(7-5-8)13(16)17/h4-7,10H,1-3,12H2,(H,14,15). The van der Waals surface area contributed by atoms with Gasteiger partial charge >= 0.3 is 5.97 Å². The number of nitrogens with two attached hydrogens (primary N) is 1. The Balaban J connectivity index is 2.42. The van der Waals surface area contributed by atoms with Gasteiger partial charge < -0.3 is 10.8 Å². The number of nitro groups is 1. The van der Waals surface area contributed by atoms with Gasteiger partial charge in [-0.1, -0.05) is 12.1 Å². The lowest BCUT2D eigenvalue weighted by molar-refractivity contribution is -0.384. The molecule has 0 aromatic heterocycles. The third-order valence-electron chi connectivity index (χ3n) is 2.44. The van der Waals surface area contributed by atoms with Crippen molar-refractivity contribution >= 4 is 11.7 Å². The van der Waals surface area contributed by atoms with Crippen molar-refractivity contribution in [2.75, 3.05) is 0 Å². The number of hydrogen-bond acceptors (Lipinski definition) is 4. The summed E-state index contributed by atoms with van der Waals surface area (Å²) in [5.41, 5.74) is 6.35. The third-order valence-corrected chi connectivity index (χ3v) is 2.44. The SMILES string of the molecule is NC(CCCc1ccc([N+](=O)[O-])cc1)C(=O)O. The minimum Gasteiger partial charge on any atom is -0.480 e. The van der Waals surface area contributed by atoms with Gasteiger partial charge in [-0.2, -0.15) is 0 Å². The Labute approximate surface area is 98.2 Å². The van der Waals surface area contributed by atoms with E-state index in [1.807, 2.05) is 0 Å². The van der Waals surface area contributed by atoms with Crippen LogP contribution in [0.3, 0.4) is 0 Å². The number of nitro benzene ring substituents is 1. The molecule has 1 unspecified atom stereocenters. The molecule has 6 heteroatoms. The van der Waals surface area contributed by atoms with Crippen LogP contribution >= 0.6 is 0 Å². The van der Waals surface area contributed by atoms with Gasteiger partial charge in [-0.05, 0) is 24.8 Å². The normalized spacial score (nSPS) is 12.1.